The third-order valence-electron chi connectivity index (χ3n) is 4.98. The van der Waals surface area contributed by atoms with E-state index in [1.807, 2.05) is 19.1 Å². The number of hydrogen-bond acceptors (Lipinski definition) is 4. The Hall–Kier alpha value is -4.26. The number of anilines is 3. The van der Waals surface area contributed by atoms with Crippen molar-refractivity contribution < 1.29 is 18.8 Å². The number of benzene rings is 3. The number of nitrogens with one attached hydrogen (secondary N) is 2. The minimum Gasteiger partial charge on any atom is -0.350 e. The highest BCUT2D eigenvalue weighted by Crippen LogP contribution is 2.34. The third-order valence-corrected chi connectivity index (χ3v) is 4.98. The van der Waals surface area contributed by atoms with Crippen molar-refractivity contribution in [2.24, 2.45) is 0 Å². The highest BCUT2D eigenvalue weighted by molar-refractivity contribution is 6.46. The first-order valence-corrected chi connectivity index (χ1v) is 9.94. The van der Waals surface area contributed by atoms with Crippen LogP contribution in [0.5, 0.6) is 0 Å². The monoisotopic (exact) mass is 429 g/mol. The molecule has 0 spiro atoms. The Morgan fingerprint density at radius 2 is 1.41 bits per heavy atom. The fourth-order valence-corrected chi connectivity index (χ4v) is 3.44. The summed E-state index contributed by atoms with van der Waals surface area (Å²) in [5.74, 6) is -1.61. The number of halogens is 1. The smallest absolute Gasteiger partial charge is 0.282 e. The molecule has 0 atom stereocenters. The van der Waals surface area contributed by atoms with Gasteiger partial charge in [-0.2, -0.15) is 0 Å². The molecule has 3 aromatic carbocycles. The molecule has 7 heteroatoms. The molecule has 0 bridgehead atoms. The fourth-order valence-electron chi connectivity index (χ4n) is 3.44. The van der Waals surface area contributed by atoms with Crippen molar-refractivity contribution >= 4 is 40.4 Å². The molecule has 3 aromatic rings. The summed E-state index contributed by atoms with van der Waals surface area (Å²) in [4.78, 5) is 39.1. The summed E-state index contributed by atoms with van der Waals surface area (Å²) >= 11 is 0. The second-order valence-corrected chi connectivity index (χ2v) is 7.42. The lowest BCUT2D eigenvalue weighted by Crippen LogP contribution is -2.32. The van der Waals surface area contributed by atoms with Crippen molar-refractivity contribution in [1.29, 1.82) is 0 Å². The van der Waals surface area contributed by atoms with Crippen LogP contribution < -0.4 is 15.5 Å². The van der Waals surface area contributed by atoms with Gasteiger partial charge in [0.1, 0.15) is 11.5 Å². The van der Waals surface area contributed by atoms with Gasteiger partial charge in [-0.1, -0.05) is 29.8 Å². The number of amides is 3. The SMILES string of the molecule is CC(=O)Nc1ccc(C2=C(Nc3ccc(F)cc3)C(=O)N(c3ccc(C)cc3)C2=O)cc1. The molecule has 0 saturated heterocycles. The maximum Gasteiger partial charge on any atom is 0.282 e. The molecular formula is C25H20FN3O3. The zero-order valence-electron chi connectivity index (χ0n) is 17.5. The number of imide groups is 1. The predicted octanol–water partition coefficient (Wildman–Crippen LogP) is 4.49. The molecule has 1 heterocycles. The van der Waals surface area contributed by atoms with Gasteiger partial charge >= 0.3 is 0 Å². The molecule has 0 aromatic heterocycles. The topological polar surface area (TPSA) is 78.5 Å². The van der Waals surface area contributed by atoms with Crippen molar-refractivity contribution in [2.75, 3.05) is 15.5 Å². The zero-order valence-corrected chi connectivity index (χ0v) is 17.5. The molecule has 3 amide bonds. The van der Waals surface area contributed by atoms with Crippen LogP contribution in [-0.4, -0.2) is 17.7 Å². The molecule has 0 unspecified atom stereocenters. The number of nitrogens with zero attached hydrogens (tertiary/aromatic N) is 1. The van der Waals surface area contributed by atoms with E-state index in [4.69, 9.17) is 0 Å². The predicted molar refractivity (Wildman–Crippen MR) is 121 cm³/mol. The minimum absolute atomic E-state index is 0.0921. The molecule has 0 radical (unpaired) electrons. The van der Waals surface area contributed by atoms with E-state index >= 15 is 0 Å². The maximum absolute atomic E-state index is 13.4. The minimum atomic E-state index is -0.510. The quantitative estimate of drug-likeness (QED) is 0.586. The van der Waals surface area contributed by atoms with Gasteiger partial charge in [-0.15, -0.1) is 0 Å². The van der Waals surface area contributed by atoms with E-state index in [1.54, 1.807) is 36.4 Å². The summed E-state index contributed by atoms with van der Waals surface area (Å²) in [5.41, 5.74) is 3.29. The first-order chi connectivity index (χ1) is 15.3. The van der Waals surface area contributed by atoms with Gasteiger partial charge in [0.2, 0.25) is 5.91 Å². The van der Waals surface area contributed by atoms with Gasteiger partial charge in [0, 0.05) is 18.3 Å². The zero-order chi connectivity index (χ0) is 22.8. The number of carbonyl (C=O) groups is 3. The molecule has 1 aliphatic heterocycles. The average molecular weight is 429 g/mol. The Bertz CT molecular complexity index is 1230. The van der Waals surface area contributed by atoms with E-state index in [2.05, 4.69) is 10.6 Å². The first kappa shape index (κ1) is 21.0. The molecule has 2 N–H and O–H groups in total. The lowest BCUT2D eigenvalue weighted by Gasteiger charge is -2.15. The first-order valence-electron chi connectivity index (χ1n) is 9.94. The molecule has 6 nitrogen and oxygen atoms in total. The normalized spacial score (nSPS) is 13.5. The number of hydrogen-bond donors (Lipinski definition) is 2. The standard InChI is InChI=1S/C25H20FN3O3/c1-15-3-13-21(14-4-15)29-24(31)22(17-5-9-19(10-6-17)27-16(2)30)23(25(29)32)28-20-11-7-18(26)8-12-20/h3-14,28H,1-2H3,(H,27,30). The van der Waals surface area contributed by atoms with E-state index in [-0.39, 0.29) is 17.2 Å². The van der Waals surface area contributed by atoms with Crippen LogP contribution in [0.15, 0.2) is 78.5 Å². The third kappa shape index (κ3) is 4.13. The van der Waals surface area contributed by atoms with Crippen molar-refractivity contribution in [3.8, 4) is 0 Å². The van der Waals surface area contributed by atoms with Gasteiger partial charge in [-0.05, 0) is 61.0 Å². The largest absolute Gasteiger partial charge is 0.350 e. The summed E-state index contributed by atoms with van der Waals surface area (Å²) < 4.78 is 13.3. The Labute approximate surface area is 184 Å². The van der Waals surface area contributed by atoms with Crippen LogP contribution in [0.3, 0.4) is 0 Å². The summed E-state index contributed by atoms with van der Waals surface area (Å²) in [7, 11) is 0. The fraction of sp³-hybridized carbons (Fsp3) is 0.0800. The highest BCUT2D eigenvalue weighted by Gasteiger charge is 2.40. The second-order valence-electron chi connectivity index (χ2n) is 7.42. The summed E-state index contributed by atoms with van der Waals surface area (Å²) in [5, 5.41) is 5.66. The lowest BCUT2D eigenvalue weighted by atomic mass is 10.0. The van der Waals surface area contributed by atoms with Crippen LogP contribution in [0.25, 0.3) is 5.57 Å². The molecular weight excluding hydrogens is 409 g/mol. The van der Waals surface area contributed by atoms with Crippen molar-refractivity contribution in [3.63, 3.8) is 0 Å². The molecule has 4 rings (SSSR count). The van der Waals surface area contributed by atoms with Gasteiger partial charge in [0.25, 0.3) is 11.8 Å². The summed E-state index contributed by atoms with van der Waals surface area (Å²) in [6.45, 7) is 3.32. The van der Waals surface area contributed by atoms with Crippen molar-refractivity contribution in [3.05, 3.63) is 95.4 Å². The number of carbonyl (C=O) groups excluding carboxylic acids is 3. The van der Waals surface area contributed by atoms with E-state index in [1.165, 1.54) is 31.2 Å². The Kier molecular flexibility index (Phi) is 5.55. The number of rotatable bonds is 5. The van der Waals surface area contributed by atoms with Gasteiger partial charge in [0.15, 0.2) is 0 Å². The Morgan fingerprint density at radius 3 is 2.00 bits per heavy atom. The van der Waals surface area contributed by atoms with Gasteiger partial charge in [-0.25, -0.2) is 9.29 Å². The van der Waals surface area contributed by atoms with Gasteiger partial charge in [0.05, 0.1) is 11.3 Å². The van der Waals surface area contributed by atoms with Crippen LogP contribution in [0.2, 0.25) is 0 Å². The summed E-state index contributed by atoms with van der Waals surface area (Å²) in [6, 6.07) is 19.2. The molecule has 32 heavy (non-hydrogen) atoms. The van der Waals surface area contributed by atoms with E-state index in [9.17, 15) is 18.8 Å². The van der Waals surface area contributed by atoms with Crippen LogP contribution in [0.1, 0.15) is 18.1 Å². The molecule has 0 fully saturated rings. The van der Waals surface area contributed by atoms with Crippen LogP contribution in [-0.2, 0) is 14.4 Å². The number of aryl methyl sites for hydroxylation is 1. The van der Waals surface area contributed by atoms with Crippen LogP contribution >= 0.6 is 0 Å². The highest BCUT2D eigenvalue weighted by atomic mass is 19.1. The van der Waals surface area contributed by atoms with Crippen LogP contribution in [0.4, 0.5) is 21.5 Å². The van der Waals surface area contributed by atoms with E-state index in [0.717, 1.165) is 10.5 Å². The van der Waals surface area contributed by atoms with Crippen LogP contribution in [0, 0.1) is 12.7 Å². The van der Waals surface area contributed by atoms with Gasteiger partial charge in [-0.3, -0.25) is 14.4 Å². The van der Waals surface area contributed by atoms with Crippen molar-refractivity contribution in [2.45, 2.75) is 13.8 Å². The van der Waals surface area contributed by atoms with Crippen molar-refractivity contribution in [1.82, 2.24) is 0 Å². The Balaban J connectivity index is 1.77. The molecule has 1 aliphatic rings. The average Bonchev–Trinajstić information content (AvgIpc) is 3.00. The molecule has 0 aliphatic carbocycles. The Morgan fingerprint density at radius 1 is 0.812 bits per heavy atom. The second kappa shape index (κ2) is 8.47. The molecule has 0 saturated carbocycles. The summed E-state index contributed by atoms with van der Waals surface area (Å²) in [6.07, 6.45) is 0. The lowest BCUT2D eigenvalue weighted by molar-refractivity contribution is -0.120. The maximum atomic E-state index is 13.4. The van der Waals surface area contributed by atoms with Gasteiger partial charge < -0.3 is 10.6 Å². The van der Waals surface area contributed by atoms with E-state index in [0.29, 0.717) is 22.6 Å². The van der Waals surface area contributed by atoms with E-state index < -0.39 is 17.6 Å². The molecule has 160 valence electrons.